The molecular weight excluding hydrogens is 827 g/mol. The van der Waals surface area contributed by atoms with Gasteiger partial charge < -0.3 is 4.57 Å². The lowest BCUT2D eigenvalue weighted by Gasteiger charge is -2.16. The average molecular weight is 868 g/mol. The minimum Gasteiger partial charge on any atom is -0.309 e. The Hall–Kier alpha value is -9.19. The van der Waals surface area contributed by atoms with Crippen molar-refractivity contribution in [2.75, 3.05) is 0 Å². The number of fused-ring (bicyclic) bond motifs is 7. The van der Waals surface area contributed by atoms with E-state index >= 15 is 0 Å². The largest absolute Gasteiger partial charge is 0.309 e. The molecule has 13 rings (SSSR count). The Kier molecular flexibility index (Phi) is 9.43. The predicted molar refractivity (Wildman–Crippen MR) is 281 cm³/mol. The monoisotopic (exact) mass is 867 g/mol. The fourth-order valence-electron chi connectivity index (χ4n) is 10.0. The molecule has 3 heterocycles. The Bertz CT molecular complexity index is 3900. The van der Waals surface area contributed by atoms with Gasteiger partial charge in [0, 0.05) is 38.2 Å². The lowest BCUT2D eigenvalue weighted by atomic mass is 9.98. The van der Waals surface area contributed by atoms with Crippen LogP contribution in [-0.4, -0.2) is 24.1 Å². The number of hydrogen-bond acceptors (Lipinski definition) is 3. The molecule has 0 radical (unpaired) electrons. The zero-order valence-corrected chi connectivity index (χ0v) is 36.9. The van der Waals surface area contributed by atoms with E-state index in [1.165, 1.54) is 5.56 Å². The van der Waals surface area contributed by atoms with E-state index in [0.717, 1.165) is 99.4 Å². The van der Waals surface area contributed by atoms with Gasteiger partial charge in [-0.2, -0.15) is 9.97 Å². The molecule has 0 unspecified atom stereocenters. The van der Waals surface area contributed by atoms with Gasteiger partial charge in [-0.3, -0.25) is 4.57 Å². The molecule has 5 heteroatoms. The molecule has 68 heavy (non-hydrogen) atoms. The van der Waals surface area contributed by atoms with Crippen molar-refractivity contribution in [3.63, 3.8) is 0 Å². The summed E-state index contributed by atoms with van der Waals surface area (Å²) in [4.78, 5) is 16.2. The SMILES string of the molecule is c1ccc(-c2cccc(-c3nc(-c4cccc(-c5ccccc5)c4)nc(-n4c5ccccc5c5ccc6c(c7ccccc7n6-c6cc(-c7ccccc7)ccc6-c6ccccc6)c54)n3)c2)cc1. The highest BCUT2D eigenvalue weighted by Gasteiger charge is 2.24. The van der Waals surface area contributed by atoms with Gasteiger partial charge in [-0.25, -0.2) is 4.98 Å². The maximum absolute atomic E-state index is 5.47. The minimum atomic E-state index is 0.548. The fourth-order valence-corrected chi connectivity index (χ4v) is 10.0. The van der Waals surface area contributed by atoms with Gasteiger partial charge in [0.2, 0.25) is 5.95 Å². The first kappa shape index (κ1) is 39.2. The molecular formula is C63H41N5. The summed E-state index contributed by atoms with van der Waals surface area (Å²) in [6.07, 6.45) is 0. The first-order chi connectivity index (χ1) is 33.7. The number of aromatic nitrogens is 5. The van der Waals surface area contributed by atoms with Gasteiger partial charge in [-0.1, -0.05) is 212 Å². The highest BCUT2D eigenvalue weighted by molar-refractivity contribution is 6.26. The van der Waals surface area contributed by atoms with E-state index in [2.05, 4.69) is 246 Å². The van der Waals surface area contributed by atoms with Crippen molar-refractivity contribution in [3.05, 3.63) is 249 Å². The summed E-state index contributed by atoms with van der Waals surface area (Å²) in [5, 5.41) is 4.51. The van der Waals surface area contributed by atoms with E-state index in [1.807, 2.05) is 12.1 Å². The summed E-state index contributed by atoms with van der Waals surface area (Å²) in [7, 11) is 0. The Labute approximate surface area is 393 Å². The molecule has 0 aliphatic heterocycles. The van der Waals surface area contributed by atoms with E-state index in [9.17, 15) is 0 Å². The summed E-state index contributed by atoms with van der Waals surface area (Å²) in [5.74, 6) is 1.74. The summed E-state index contributed by atoms with van der Waals surface area (Å²) >= 11 is 0. The van der Waals surface area contributed by atoms with E-state index < -0.39 is 0 Å². The van der Waals surface area contributed by atoms with Crippen molar-refractivity contribution >= 4 is 43.6 Å². The van der Waals surface area contributed by atoms with Crippen molar-refractivity contribution in [3.8, 4) is 78.9 Å². The standard InChI is InChI=1S/C63H41N5/c1-5-19-42(20-6-1)46-27-17-29-49(39-46)61-64-62(50-30-18-28-47(40-50)43-21-7-2-8-22-43)66-63(65-61)68-55-33-15-13-31-52(55)53-37-38-57-59(60(53)68)54-32-14-16-34-56(54)67(57)58-41-48(44-23-9-3-10-24-44)35-36-51(58)45-25-11-4-12-26-45/h1-41H. The van der Waals surface area contributed by atoms with Crippen LogP contribution < -0.4 is 0 Å². The first-order valence-corrected chi connectivity index (χ1v) is 23.0. The lowest BCUT2D eigenvalue weighted by molar-refractivity contribution is 0.955. The third kappa shape index (κ3) is 6.68. The van der Waals surface area contributed by atoms with Gasteiger partial charge in [0.1, 0.15) is 0 Å². The fraction of sp³-hybridized carbons (Fsp3) is 0. The molecule has 318 valence electrons. The van der Waals surface area contributed by atoms with Gasteiger partial charge in [0.25, 0.3) is 0 Å². The first-order valence-electron chi connectivity index (χ1n) is 23.0. The topological polar surface area (TPSA) is 48.5 Å². The highest BCUT2D eigenvalue weighted by Crippen LogP contribution is 2.44. The van der Waals surface area contributed by atoms with Crippen LogP contribution in [0.3, 0.4) is 0 Å². The maximum atomic E-state index is 5.47. The lowest BCUT2D eigenvalue weighted by Crippen LogP contribution is -2.06. The van der Waals surface area contributed by atoms with Crippen LogP contribution in [0.15, 0.2) is 249 Å². The summed E-state index contributed by atoms with van der Waals surface area (Å²) < 4.78 is 4.73. The quantitative estimate of drug-likeness (QED) is 0.153. The number of nitrogens with zero attached hydrogens (tertiary/aromatic N) is 5. The summed E-state index contributed by atoms with van der Waals surface area (Å²) in [6, 6.07) is 88.2. The molecule has 0 spiro atoms. The average Bonchev–Trinajstić information content (AvgIpc) is 3.95. The van der Waals surface area contributed by atoms with Gasteiger partial charge in [0.15, 0.2) is 11.6 Å². The summed E-state index contributed by atoms with van der Waals surface area (Å²) in [5.41, 5.74) is 16.2. The van der Waals surface area contributed by atoms with Crippen molar-refractivity contribution in [1.29, 1.82) is 0 Å². The number of hydrogen-bond donors (Lipinski definition) is 0. The molecule has 10 aromatic carbocycles. The van der Waals surface area contributed by atoms with Crippen molar-refractivity contribution < 1.29 is 0 Å². The molecule has 0 saturated heterocycles. The van der Waals surface area contributed by atoms with Crippen molar-refractivity contribution in [2.45, 2.75) is 0 Å². The minimum absolute atomic E-state index is 0.548. The van der Waals surface area contributed by atoms with Gasteiger partial charge in [-0.15, -0.1) is 0 Å². The normalized spacial score (nSPS) is 11.5. The second-order valence-electron chi connectivity index (χ2n) is 17.2. The van der Waals surface area contributed by atoms with E-state index in [1.54, 1.807) is 0 Å². The predicted octanol–water partition coefficient (Wildman–Crippen LogP) is 16.1. The van der Waals surface area contributed by atoms with Crippen LogP contribution >= 0.6 is 0 Å². The zero-order chi connectivity index (χ0) is 45.0. The van der Waals surface area contributed by atoms with Crippen LogP contribution in [-0.2, 0) is 0 Å². The van der Waals surface area contributed by atoms with Crippen LogP contribution in [0.25, 0.3) is 123 Å². The molecule has 5 nitrogen and oxygen atoms in total. The van der Waals surface area contributed by atoms with Gasteiger partial charge in [0.05, 0.1) is 27.8 Å². The molecule has 0 fully saturated rings. The number of rotatable bonds is 8. The Morgan fingerprint density at radius 3 is 1.29 bits per heavy atom. The highest BCUT2D eigenvalue weighted by atomic mass is 15.2. The van der Waals surface area contributed by atoms with Gasteiger partial charge >= 0.3 is 0 Å². The molecule has 3 aromatic heterocycles. The Morgan fingerprint density at radius 1 is 0.265 bits per heavy atom. The molecule has 0 saturated carbocycles. The molecule has 13 aromatic rings. The second-order valence-corrected chi connectivity index (χ2v) is 17.2. The third-order valence-electron chi connectivity index (χ3n) is 13.2. The maximum Gasteiger partial charge on any atom is 0.238 e. The van der Waals surface area contributed by atoms with Crippen LogP contribution in [0.1, 0.15) is 0 Å². The number of para-hydroxylation sites is 2. The van der Waals surface area contributed by atoms with Crippen LogP contribution in [0.4, 0.5) is 0 Å². The Balaban J connectivity index is 1.11. The summed E-state index contributed by atoms with van der Waals surface area (Å²) in [6.45, 7) is 0. The van der Waals surface area contributed by atoms with Crippen LogP contribution in [0.5, 0.6) is 0 Å². The smallest absolute Gasteiger partial charge is 0.238 e. The molecule has 0 aliphatic rings. The van der Waals surface area contributed by atoms with E-state index in [-0.39, 0.29) is 0 Å². The van der Waals surface area contributed by atoms with E-state index in [0.29, 0.717) is 17.6 Å². The molecule has 0 bridgehead atoms. The molecule has 0 amide bonds. The zero-order valence-electron chi connectivity index (χ0n) is 36.9. The second kappa shape index (κ2) is 16.4. The molecule has 0 atom stereocenters. The van der Waals surface area contributed by atoms with Crippen LogP contribution in [0, 0.1) is 0 Å². The molecule has 0 N–H and O–H groups in total. The number of benzene rings is 10. The van der Waals surface area contributed by atoms with Crippen molar-refractivity contribution in [1.82, 2.24) is 24.1 Å². The Morgan fingerprint density at radius 2 is 0.721 bits per heavy atom. The van der Waals surface area contributed by atoms with Crippen molar-refractivity contribution in [2.24, 2.45) is 0 Å². The third-order valence-corrected chi connectivity index (χ3v) is 13.2. The molecule has 0 aliphatic carbocycles. The van der Waals surface area contributed by atoms with Gasteiger partial charge in [-0.05, 0) is 75.3 Å². The van der Waals surface area contributed by atoms with Crippen LogP contribution in [0.2, 0.25) is 0 Å². The van der Waals surface area contributed by atoms with E-state index in [4.69, 9.17) is 15.0 Å².